The third-order valence-electron chi connectivity index (χ3n) is 3.36. The second-order valence-electron chi connectivity index (χ2n) is 4.55. The summed E-state index contributed by atoms with van der Waals surface area (Å²) in [4.78, 5) is 11.8. The summed E-state index contributed by atoms with van der Waals surface area (Å²) in [5.74, 6) is 3.12. The predicted octanol–water partition coefficient (Wildman–Crippen LogP) is 2.66. The van der Waals surface area contributed by atoms with E-state index in [2.05, 4.69) is 0 Å². The highest BCUT2D eigenvalue weighted by Gasteiger charge is 2.23. The molecule has 0 aromatic carbocycles. The lowest BCUT2D eigenvalue weighted by atomic mass is 9.98. The fraction of sp³-hybridized carbons (Fsp3) is 0.917. The molecule has 2 aliphatic rings. The molecule has 0 aromatic heterocycles. The minimum Gasteiger partial charge on any atom is -0.378 e. The standard InChI is InChI=1S/C12H20O2S/c13-12(10-6-8-15-9-10)5-1-3-11-4-2-7-14-11/h10-11H,1-9H2. The van der Waals surface area contributed by atoms with E-state index in [0.717, 1.165) is 38.0 Å². The van der Waals surface area contributed by atoms with Crippen molar-refractivity contribution in [2.24, 2.45) is 5.92 Å². The van der Waals surface area contributed by atoms with Crippen molar-refractivity contribution in [3.05, 3.63) is 0 Å². The van der Waals surface area contributed by atoms with Crippen LogP contribution in [0.1, 0.15) is 38.5 Å². The number of carbonyl (C=O) groups is 1. The molecule has 0 saturated carbocycles. The Bertz CT molecular complexity index is 206. The Morgan fingerprint density at radius 2 is 2.33 bits per heavy atom. The van der Waals surface area contributed by atoms with Crippen molar-refractivity contribution >= 4 is 17.5 Å². The first-order valence-corrected chi connectivity index (χ1v) is 7.24. The number of hydrogen-bond donors (Lipinski definition) is 0. The predicted molar refractivity (Wildman–Crippen MR) is 63.3 cm³/mol. The molecule has 2 heterocycles. The molecule has 2 saturated heterocycles. The van der Waals surface area contributed by atoms with Crippen LogP contribution >= 0.6 is 11.8 Å². The van der Waals surface area contributed by atoms with Gasteiger partial charge in [-0.25, -0.2) is 0 Å². The third-order valence-corrected chi connectivity index (χ3v) is 4.52. The Morgan fingerprint density at radius 1 is 1.40 bits per heavy atom. The molecule has 2 nitrogen and oxygen atoms in total. The van der Waals surface area contributed by atoms with E-state index in [4.69, 9.17) is 4.74 Å². The summed E-state index contributed by atoms with van der Waals surface area (Å²) in [6.07, 6.45) is 6.88. The molecule has 3 heteroatoms. The quantitative estimate of drug-likeness (QED) is 0.723. The van der Waals surface area contributed by atoms with Crippen LogP contribution in [-0.2, 0) is 9.53 Å². The fourth-order valence-electron chi connectivity index (χ4n) is 2.37. The summed E-state index contributed by atoms with van der Waals surface area (Å²) in [6, 6.07) is 0. The summed E-state index contributed by atoms with van der Waals surface area (Å²) < 4.78 is 5.54. The van der Waals surface area contributed by atoms with Crippen LogP contribution in [0.4, 0.5) is 0 Å². The van der Waals surface area contributed by atoms with E-state index in [9.17, 15) is 4.79 Å². The van der Waals surface area contributed by atoms with Crippen LogP contribution in [-0.4, -0.2) is 30.0 Å². The Hall–Kier alpha value is -0.0200. The van der Waals surface area contributed by atoms with Gasteiger partial charge in [-0.15, -0.1) is 0 Å². The van der Waals surface area contributed by atoms with E-state index in [1.807, 2.05) is 11.8 Å². The van der Waals surface area contributed by atoms with Gasteiger partial charge >= 0.3 is 0 Å². The molecule has 0 spiro atoms. The molecule has 2 unspecified atom stereocenters. The Labute approximate surface area is 96.1 Å². The van der Waals surface area contributed by atoms with Crippen molar-refractivity contribution in [2.75, 3.05) is 18.1 Å². The zero-order valence-electron chi connectivity index (χ0n) is 9.24. The summed E-state index contributed by atoms with van der Waals surface area (Å²) in [7, 11) is 0. The second kappa shape index (κ2) is 5.90. The summed E-state index contributed by atoms with van der Waals surface area (Å²) in [5, 5.41) is 0. The van der Waals surface area contributed by atoms with E-state index < -0.39 is 0 Å². The zero-order chi connectivity index (χ0) is 10.5. The van der Waals surface area contributed by atoms with E-state index in [-0.39, 0.29) is 0 Å². The van der Waals surface area contributed by atoms with Gasteiger partial charge in [0, 0.05) is 24.7 Å². The molecule has 0 aromatic rings. The van der Waals surface area contributed by atoms with Gasteiger partial charge in [0.2, 0.25) is 0 Å². The van der Waals surface area contributed by atoms with Crippen LogP contribution in [0.25, 0.3) is 0 Å². The average Bonchev–Trinajstić information content (AvgIpc) is 2.90. The van der Waals surface area contributed by atoms with Gasteiger partial charge in [-0.3, -0.25) is 4.79 Å². The van der Waals surface area contributed by atoms with Crippen molar-refractivity contribution in [3.63, 3.8) is 0 Å². The van der Waals surface area contributed by atoms with Crippen molar-refractivity contribution < 1.29 is 9.53 Å². The maximum atomic E-state index is 11.8. The number of carbonyl (C=O) groups excluding carboxylic acids is 1. The lowest BCUT2D eigenvalue weighted by Gasteiger charge is -2.10. The second-order valence-corrected chi connectivity index (χ2v) is 5.70. The van der Waals surface area contributed by atoms with E-state index in [1.54, 1.807) is 0 Å². The Kier molecular flexibility index (Phi) is 4.51. The highest BCUT2D eigenvalue weighted by molar-refractivity contribution is 7.99. The van der Waals surface area contributed by atoms with Crippen molar-refractivity contribution in [2.45, 2.75) is 44.6 Å². The molecular weight excluding hydrogens is 208 g/mol. The van der Waals surface area contributed by atoms with E-state index in [0.29, 0.717) is 17.8 Å². The molecule has 2 atom stereocenters. The molecule has 0 aliphatic carbocycles. The number of Topliss-reactive ketones (excluding diaryl/α,β-unsaturated/α-hetero) is 1. The minimum atomic E-state index is 0.375. The van der Waals surface area contributed by atoms with Gasteiger partial charge in [-0.05, 0) is 37.9 Å². The van der Waals surface area contributed by atoms with Gasteiger partial charge in [0.25, 0.3) is 0 Å². The first-order chi connectivity index (χ1) is 7.36. The van der Waals surface area contributed by atoms with E-state index in [1.165, 1.54) is 18.6 Å². The smallest absolute Gasteiger partial charge is 0.136 e. The molecule has 2 fully saturated rings. The van der Waals surface area contributed by atoms with E-state index >= 15 is 0 Å². The normalized spacial score (nSPS) is 30.9. The van der Waals surface area contributed by atoms with Gasteiger partial charge < -0.3 is 4.74 Å². The van der Waals surface area contributed by atoms with Crippen LogP contribution in [0.5, 0.6) is 0 Å². The highest BCUT2D eigenvalue weighted by atomic mass is 32.2. The number of hydrogen-bond acceptors (Lipinski definition) is 3. The summed E-state index contributed by atoms with van der Waals surface area (Å²) >= 11 is 1.92. The third kappa shape index (κ3) is 3.49. The first kappa shape index (κ1) is 11.5. The summed E-state index contributed by atoms with van der Waals surface area (Å²) in [6.45, 7) is 0.928. The maximum Gasteiger partial charge on any atom is 0.136 e. The van der Waals surface area contributed by atoms with Gasteiger partial charge in [0.1, 0.15) is 5.78 Å². The van der Waals surface area contributed by atoms with Gasteiger partial charge in [0.15, 0.2) is 0 Å². The molecule has 15 heavy (non-hydrogen) atoms. The monoisotopic (exact) mass is 228 g/mol. The lowest BCUT2D eigenvalue weighted by Crippen LogP contribution is -2.14. The molecule has 86 valence electrons. The van der Waals surface area contributed by atoms with Crippen LogP contribution in [0.3, 0.4) is 0 Å². The summed E-state index contributed by atoms with van der Waals surface area (Å²) in [5.41, 5.74) is 0. The van der Waals surface area contributed by atoms with Gasteiger partial charge in [-0.1, -0.05) is 0 Å². The topological polar surface area (TPSA) is 26.3 Å². The maximum absolute atomic E-state index is 11.8. The zero-order valence-corrected chi connectivity index (χ0v) is 10.1. The van der Waals surface area contributed by atoms with Crippen LogP contribution < -0.4 is 0 Å². The molecule has 0 N–H and O–H groups in total. The van der Waals surface area contributed by atoms with Crippen LogP contribution in [0.2, 0.25) is 0 Å². The van der Waals surface area contributed by atoms with Gasteiger partial charge in [-0.2, -0.15) is 11.8 Å². The Balaban J connectivity index is 1.58. The van der Waals surface area contributed by atoms with Crippen molar-refractivity contribution in [1.82, 2.24) is 0 Å². The highest BCUT2D eigenvalue weighted by Crippen LogP contribution is 2.26. The largest absolute Gasteiger partial charge is 0.378 e. The number of ether oxygens (including phenoxy) is 1. The molecule has 0 bridgehead atoms. The van der Waals surface area contributed by atoms with Crippen LogP contribution in [0.15, 0.2) is 0 Å². The molecule has 2 rings (SSSR count). The fourth-order valence-corrected chi connectivity index (χ4v) is 3.62. The lowest BCUT2D eigenvalue weighted by molar-refractivity contribution is -0.122. The average molecular weight is 228 g/mol. The van der Waals surface area contributed by atoms with Crippen molar-refractivity contribution in [3.8, 4) is 0 Å². The Morgan fingerprint density at radius 3 is 3.00 bits per heavy atom. The van der Waals surface area contributed by atoms with Crippen molar-refractivity contribution in [1.29, 1.82) is 0 Å². The van der Waals surface area contributed by atoms with Crippen LogP contribution in [0, 0.1) is 5.92 Å². The number of ketones is 1. The minimum absolute atomic E-state index is 0.375. The molecule has 0 radical (unpaired) electrons. The molecular formula is C12H20O2S. The first-order valence-electron chi connectivity index (χ1n) is 6.08. The molecule has 0 amide bonds. The molecule has 2 aliphatic heterocycles. The number of thioether (sulfide) groups is 1. The van der Waals surface area contributed by atoms with Gasteiger partial charge in [0.05, 0.1) is 6.10 Å². The SMILES string of the molecule is O=C(CCCC1CCCO1)C1CCSC1. The number of rotatable bonds is 5.